The molecule has 0 amide bonds. The third-order valence-electron chi connectivity index (χ3n) is 5.60. The van der Waals surface area contributed by atoms with Crippen molar-refractivity contribution in [2.45, 2.75) is 37.6 Å². The van der Waals surface area contributed by atoms with Gasteiger partial charge in [-0.25, -0.2) is 18.5 Å². The molecule has 27 heavy (non-hydrogen) atoms. The molecule has 1 aromatic heterocycles. The first kappa shape index (κ1) is 17.4. The van der Waals surface area contributed by atoms with Crippen LogP contribution >= 0.6 is 0 Å². The van der Waals surface area contributed by atoms with Crippen LogP contribution < -0.4 is 5.43 Å². The van der Waals surface area contributed by atoms with E-state index in [1.165, 1.54) is 18.3 Å². The second-order valence-corrected chi connectivity index (χ2v) is 6.97. The van der Waals surface area contributed by atoms with E-state index in [2.05, 4.69) is 10.9 Å². The van der Waals surface area contributed by atoms with Crippen LogP contribution in [-0.4, -0.2) is 10.5 Å². The molecule has 2 heterocycles. The minimum absolute atomic E-state index is 0.131. The van der Waals surface area contributed by atoms with E-state index in [1.807, 2.05) is 0 Å². The minimum atomic E-state index is -2.76. The number of rotatable bonds is 2. The molecule has 0 bridgehead atoms. The summed E-state index contributed by atoms with van der Waals surface area (Å²) in [6.07, 6.45) is 6.96. The molecule has 1 aliphatic heterocycles. The van der Waals surface area contributed by atoms with E-state index < -0.39 is 23.4 Å². The van der Waals surface area contributed by atoms with Crippen LogP contribution in [-0.2, 0) is 16.9 Å². The summed E-state index contributed by atoms with van der Waals surface area (Å²) in [6, 6.07) is 4.06. The van der Waals surface area contributed by atoms with E-state index in [4.69, 9.17) is 6.42 Å². The van der Waals surface area contributed by atoms with Gasteiger partial charge in [-0.1, -0.05) is 5.92 Å². The Morgan fingerprint density at radius 3 is 2.59 bits per heavy atom. The van der Waals surface area contributed by atoms with Gasteiger partial charge in [0.25, 0.3) is 6.43 Å². The summed E-state index contributed by atoms with van der Waals surface area (Å²) in [5, 5.41) is 0. The largest absolute Gasteiger partial charge is 0.384 e. The molecule has 0 N–H and O–H groups in total. The van der Waals surface area contributed by atoms with Gasteiger partial charge in [0, 0.05) is 39.0 Å². The summed E-state index contributed by atoms with van der Waals surface area (Å²) >= 11 is 0. The lowest BCUT2D eigenvalue weighted by Crippen LogP contribution is -2.46. The van der Waals surface area contributed by atoms with Crippen molar-refractivity contribution in [2.75, 3.05) is 0 Å². The van der Waals surface area contributed by atoms with Gasteiger partial charge in [0.2, 0.25) is 0 Å². The second kappa shape index (κ2) is 6.02. The van der Waals surface area contributed by atoms with Gasteiger partial charge in [-0.05, 0) is 43.4 Å². The van der Waals surface area contributed by atoms with Gasteiger partial charge < -0.3 is 4.57 Å². The van der Waals surface area contributed by atoms with Crippen molar-refractivity contribution in [1.82, 2.24) is 4.57 Å². The quantitative estimate of drug-likeness (QED) is 0.750. The molecule has 4 nitrogen and oxygen atoms in total. The molecule has 1 aromatic carbocycles. The number of hydrogen-bond donors (Lipinski definition) is 0. The molecule has 138 valence electrons. The van der Waals surface area contributed by atoms with Gasteiger partial charge in [-0.15, -0.1) is 6.42 Å². The summed E-state index contributed by atoms with van der Waals surface area (Å²) in [5.74, 6) is 0.937. The molecule has 1 aliphatic carbocycles. The molecule has 0 saturated heterocycles. The first-order valence-electron chi connectivity index (χ1n) is 8.42. The Bertz CT molecular complexity index is 1060. The average molecular weight is 373 g/mol. The lowest BCUT2D eigenvalue weighted by Gasteiger charge is -2.48. The number of nitrogens with zero attached hydrogens (tertiary/aromatic N) is 1. The van der Waals surface area contributed by atoms with E-state index in [0.29, 0.717) is 17.7 Å². The summed E-state index contributed by atoms with van der Waals surface area (Å²) in [7, 11) is 0. The molecule has 0 unspecified atom stereocenters. The van der Waals surface area contributed by atoms with Gasteiger partial charge in [0.1, 0.15) is 5.56 Å². The van der Waals surface area contributed by atoms with Gasteiger partial charge in [0.15, 0.2) is 5.43 Å². The number of terminal acetylenes is 1. The third kappa shape index (κ3) is 2.47. The van der Waals surface area contributed by atoms with Gasteiger partial charge in [-0.2, -0.15) is 0 Å². The maximum Gasteiger partial charge on any atom is 0.384 e. The third-order valence-corrected chi connectivity index (χ3v) is 5.60. The van der Waals surface area contributed by atoms with Crippen LogP contribution in [0.2, 0.25) is 0 Å². The standard InChI is InChI=1S/C20H14F3NO3/c1-2-11-6-12-9-20(4-3-5-20)24-10-15(19(26)27-23)17(25)8-16(24)13(12)7-14(11)18(21)22/h1,6-8,10,18H,3-5,9H2. The maximum atomic E-state index is 13.4. The highest BCUT2D eigenvalue weighted by Crippen LogP contribution is 2.49. The molecule has 1 fully saturated rings. The Balaban J connectivity index is 2.01. The van der Waals surface area contributed by atoms with Crippen molar-refractivity contribution in [1.29, 1.82) is 0 Å². The van der Waals surface area contributed by atoms with Gasteiger partial charge in [-0.3, -0.25) is 4.79 Å². The monoisotopic (exact) mass is 373 g/mol. The first-order chi connectivity index (χ1) is 12.9. The van der Waals surface area contributed by atoms with Crippen molar-refractivity contribution in [3.05, 3.63) is 56.9 Å². The zero-order valence-electron chi connectivity index (χ0n) is 14.1. The highest BCUT2D eigenvalue weighted by atomic mass is 19.3. The van der Waals surface area contributed by atoms with Crippen molar-refractivity contribution in [3.8, 4) is 23.6 Å². The lowest BCUT2D eigenvalue weighted by molar-refractivity contribution is -0.0790. The highest BCUT2D eigenvalue weighted by Gasteiger charge is 2.43. The number of hydrogen-bond acceptors (Lipinski definition) is 3. The Hall–Kier alpha value is -3.01. The van der Waals surface area contributed by atoms with Crippen molar-refractivity contribution >= 4 is 5.97 Å². The van der Waals surface area contributed by atoms with Crippen LogP contribution in [0, 0.1) is 12.3 Å². The normalized spacial score (nSPS) is 16.3. The molecule has 0 radical (unpaired) electrons. The van der Waals surface area contributed by atoms with Crippen LogP contribution in [0.1, 0.15) is 52.7 Å². The first-order valence-corrected chi connectivity index (χ1v) is 8.42. The predicted molar refractivity (Wildman–Crippen MR) is 91.1 cm³/mol. The average Bonchev–Trinajstić information content (AvgIpc) is 2.63. The number of aromatic nitrogens is 1. The van der Waals surface area contributed by atoms with Crippen LogP contribution in [0.3, 0.4) is 0 Å². The Morgan fingerprint density at radius 1 is 1.30 bits per heavy atom. The number of fused-ring (bicyclic) bond motifs is 4. The fraction of sp³-hybridized carbons (Fsp3) is 0.300. The number of pyridine rings is 1. The predicted octanol–water partition coefficient (Wildman–Crippen LogP) is 3.91. The number of alkyl halides is 2. The van der Waals surface area contributed by atoms with E-state index in [9.17, 15) is 22.9 Å². The molecule has 2 aliphatic rings. The summed E-state index contributed by atoms with van der Waals surface area (Å²) < 4.78 is 40.9. The molecular weight excluding hydrogens is 359 g/mol. The van der Waals surface area contributed by atoms with E-state index in [0.717, 1.165) is 24.8 Å². The molecule has 7 heteroatoms. The fourth-order valence-corrected chi connectivity index (χ4v) is 4.12. The summed E-state index contributed by atoms with van der Waals surface area (Å²) in [5.41, 5.74) is -0.0254. The molecule has 0 atom stereocenters. The SMILES string of the molecule is C#Cc1cc2c(cc1C(F)F)-c1cc(=O)c(C(=O)OF)cn1C1(CCC1)C2. The summed E-state index contributed by atoms with van der Waals surface area (Å²) in [4.78, 5) is 27.1. The smallest absolute Gasteiger partial charge is 0.340 e. The summed E-state index contributed by atoms with van der Waals surface area (Å²) in [6.45, 7) is 0. The molecule has 2 aromatic rings. The maximum absolute atomic E-state index is 13.4. The number of carbonyl (C=O) groups is 1. The van der Waals surface area contributed by atoms with E-state index >= 15 is 0 Å². The van der Waals surface area contributed by atoms with E-state index in [-0.39, 0.29) is 16.7 Å². The Labute approximate surface area is 152 Å². The Morgan fingerprint density at radius 2 is 2.04 bits per heavy atom. The molecular formula is C20H14F3NO3. The topological polar surface area (TPSA) is 48.3 Å². The van der Waals surface area contributed by atoms with Crippen molar-refractivity contribution in [2.24, 2.45) is 0 Å². The van der Waals surface area contributed by atoms with E-state index in [1.54, 1.807) is 10.6 Å². The minimum Gasteiger partial charge on any atom is -0.340 e. The van der Waals surface area contributed by atoms with Gasteiger partial charge >= 0.3 is 5.97 Å². The number of halogens is 3. The van der Waals surface area contributed by atoms with Crippen LogP contribution in [0.5, 0.6) is 0 Å². The lowest BCUT2D eigenvalue weighted by atomic mass is 9.69. The van der Waals surface area contributed by atoms with Gasteiger partial charge in [0.05, 0.1) is 5.69 Å². The highest BCUT2D eigenvalue weighted by molar-refractivity contribution is 5.89. The van der Waals surface area contributed by atoms with Crippen LogP contribution in [0.15, 0.2) is 29.2 Å². The zero-order chi connectivity index (χ0) is 19.3. The zero-order valence-corrected chi connectivity index (χ0v) is 14.1. The molecule has 1 spiro atoms. The fourth-order valence-electron chi connectivity index (χ4n) is 4.12. The van der Waals surface area contributed by atoms with Crippen LogP contribution in [0.4, 0.5) is 13.3 Å². The second-order valence-electron chi connectivity index (χ2n) is 6.97. The van der Waals surface area contributed by atoms with Crippen molar-refractivity contribution in [3.63, 3.8) is 0 Å². The Kier molecular flexibility index (Phi) is 3.88. The molecule has 1 saturated carbocycles. The molecule has 4 rings (SSSR count). The van der Waals surface area contributed by atoms with Crippen molar-refractivity contribution < 1.29 is 23.0 Å². The number of benzene rings is 1. The number of carbonyl (C=O) groups excluding carboxylic acids is 1. The van der Waals surface area contributed by atoms with Crippen LogP contribution in [0.25, 0.3) is 11.3 Å².